The van der Waals surface area contributed by atoms with Crippen LogP contribution >= 0.6 is 11.3 Å². The molecule has 28 heavy (non-hydrogen) atoms. The lowest BCUT2D eigenvalue weighted by Crippen LogP contribution is -2.12. The molecule has 8 heteroatoms. The first-order valence-corrected chi connectivity index (χ1v) is 9.25. The molecule has 0 radical (unpaired) electrons. The summed E-state index contributed by atoms with van der Waals surface area (Å²) in [6.07, 6.45) is 0. The van der Waals surface area contributed by atoms with Gasteiger partial charge in [-0.3, -0.25) is 9.59 Å². The molecule has 1 heterocycles. The van der Waals surface area contributed by atoms with Crippen molar-refractivity contribution in [3.8, 4) is 22.1 Å². The highest BCUT2D eigenvalue weighted by atomic mass is 32.1. The predicted octanol–water partition coefficient (Wildman–Crippen LogP) is 4.04. The number of anilines is 2. The van der Waals surface area contributed by atoms with Crippen LogP contribution in [0, 0.1) is 0 Å². The third-order valence-electron chi connectivity index (χ3n) is 3.83. The van der Waals surface area contributed by atoms with Gasteiger partial charge in [-0.25, -0.2) is 4.98 Å². The highest BCUT2D eigenvalue weighted by molar-refractivity contribution is 7.13. The van der Waals surface area contributed by atoms with E-state index < -0.39 is 0 Å². The molecule has 0 bridgehead atoms. The van der Waals surface area contributed by atoms with E-state index in [1.807, 2.05) is 12.1 Å². The van der Waals surface area contributed by atoms with E-state index >= 15 is 0 Å². The quantitative estimate of drug-likeness (QED) is 0.655. The Kier molecular flexibility index (Phi) is 5.90. The average Bonchev–Trinajstić information content (AvgIpc) is 3.18. The van der Waals surface area contributed by atoms with Crippen LogP contribution in [0.15, 0.2) is 47.8 Å². The van der Waals surface area contributed by atoms with Crippen LogP contribution in [0.4, 0.5) is 11.4 Å². The molecule has 0 spiro atoms. The molecule has 7 nitrogen and oxygen atoms in total. The van der Waals surface area contributed by atoms with Crippen molar-refractivity contribution in [1.82, 2.24) is 4.98 Å². The maximum Gasteiger partial charge on any atom is 0.275 e. The number of para-hydroxylation sites is 1. The number of nitrogens with one attached hydrogen (secondary N) is 2. The number of methoxy groups -OCH3 is 2. The smallest absolute Gasteiger partial charge is 0.275 e. The Morgan fingerprint density at radius 2 is 1.64 bits per heavy atom. The predicted molar refractivity (Wildman–Crippen MR) is 109 cm³/mol. The van der Waals surface area contributed by atoms with Crippen LogP contribution in [0.5, 0.6) is 11.5 Å². The monoisotopic (exact) mass is 397 g/mol. The molecular weight excluding hydrogens is 378 g/mol. The lowest BCUT2D eigenvalue weighted by Gasteiger charge is -2.10. The lowest BCUT2D eigenvalue weighted by molar-refractivity contribution is -0.114. The molecule has 0 fully saturated rings. The van der Waals surface area contributed by atoms with Gasteiger partial charge >= 0.3 is 0 Å². The molecule has 2 amide bonds. The summed E-state index contributed by atoms with van der Waals surface area (Å²) in [6.45, 7) is 1.44. The second kappa shape index (κ2) is 8.53. The molecule has 3 aromatic rings. The van der Waals surface area contributed by atoms with Crippen LogP contribution in [0.2, 0.25) is 0 Å². The van der Waals surface area contributed by atoms with Crippen molar-refractivity contribution in [3.63, 3.8) is 0 Å². The van der Waals surface area contributed by atoms with Crippen molar-refractivity contribution in [1.29, 1.82) is 0 Å². The zero-order valence-electron chi connectivity index (χ0n) is 15.6. The number of rotatable bonds is 6. The van der Waals surface area contributed by atoms with E-state index in [4.69, 9.17) is 9.47 Å². The second-order valence-corrected chi connectivity index (χ2v) is 6.65. The van der Waals surface area contributed by atoms with Gasteiger partial charge in [0.25, 0.3) is 5.91 Å². The molecule has 0 aliphatic rings. The minimum absolute atomic E-state index is 0.153. The average molecular weight is 397 g/mol. The van der Waals surface area contributed by atoms with E-state index in [0.29, 0.717) is 33.6 Å². The summed E-state index contributed by atoms with van der Waals surface area (Å²) in [5.74, 6) is 0.691. The lowest BCUT2D eigenvalue weighted by atomic mass is 10.2. The Morgan fingerprint density at radius 1 is 0.964 bits per heavy atom. The first kappa shape index (κ1) is 19.4. The summed E-state index contributed by atoms with van der Waals surface area (Å²) in [4.78, 5) is 28.0. The van der Waals surface area contributed by atoms with Gasteiger partial charge in [-0.15, -0.1) is 11.3 Å². The fraction of sp³-hybridized carbons (Fsp3) is 0.150. The number of carbonyl (C=O) groups excluding carboxylic acids is 2. The van der Waals surface area contributed by atoms with Crippen LogP contribution in [-0.4, -0.2) is 31.0 Å². The van der Waals surface area contributed by atoms with Crippen molar-refractivity contribution in [2.75, 3.05) is 24.9 Å². The molecule has 0 aliphatic heterocycles. The number of carbonyl (C=O) groups is 2. The highest BCUT2D eigenvalue weighted by Crippen LogP contribution is 2.39. The number of ether oxygens (including phenoxy) is 2. The Morgan fingerprint density at radius 3 is 2.25 bits per heavy atom. The van der Waals surface area contributed by atoms with E-state index in [1.54, 1.807) is 49.9 Å². The molecule has 3 rings (SSSR count). The molecule has 0 unspecified atom stereocenters. The number of hydrogen-bond acceptors (Lipinski definition) is 6. The van der Waals surface area contributed by atoms with Crippen LogP contribution in [0.3, 0.4) is 0 Å². The first-order valence-electron chi connectivity index (χ1n) is 8.37. The Labute approximate surface area is 166 Å². The summed E-state index contributed by atoms with van der Waals surface area (Å²) < 4.78 is 10.7. The fourth-order valence-corrected chi connectivity index (χ4v) is 3.41. The molecule has 0 saturated carbocycles. The SMILES string of the molecule is COc1cccc(-c2nc(C(=O)Nc3ccc(NC(C)=O)cc3)cs2)c1OC. The summed E-state index contributed by atoms with van der Waals surface area (Å²) in [5.41, 5.74) is 2.32. The molecule has 144 valence electrons. The summed E-state index contributed by atoms with van der Waals surface area (Å²) >= 11 is 1.34. The standard InChI is InChI=1S/C20H19N3O4S/c1-12(24)21-13-7-9-14(10-8-13)22-19(25)16-11-28-20(23-16)15-5-4-6-17(26-2)18(15)27-3/h4-11H,1-3H3,(H,21,24)(H,22,25). The van der Waals surface area contributed by atoms with Crippen molar-refractivity contribution in [2.45, 2.75) is 6.92 Å². The van der Waals surface area contributed by atoms with Crippen molar-refractivity contribution in [3.05, 3.63) is 53.5 Å². The molecule has 1 aromatic heterocycles. The number of benzene rings is 2. The zero-order valence-corrected chi connectivity index (χ0v) is 16.4. The Balaban J connectivity index is 1.77. The van der Waals surface area contributed by atoms with Crippen LogP contribution in [0.1, 0.15) is 17.4 Å². The molecule has 2 N–H and O–H groups in total. The Hall–Kier alpha value is -3.39. The second-order valence-electron chi connectivity index (χ2n) is 5.79. The largest absolute Gasteiger partial charge is 0.493 e. The summed E-state index contributed by atoms with van der Waals surface area (Å²) in [6, 6.07) is 12.4. The third-order valence-corrected chi connectivity index (χ3v) is 4.71. The van der Waals surface area contributed by atoms with Crippen LogP contribution in [0.25, 0.3) is 10.6 Å². The third kappa shape index (κ3) is 4.29. The molecule has 0 atom stereocenters. The number of nitrogens with zero attached hydrogens (tertiary/aromatic N) is 1. The van der Waals surface area contributed by atoms with E-state index in [0.717, 1.165) is 5.56 Å². The number of aromatic nitrogens is 1. The molecule has 0 aliphatic carbocycles. The minimum Gasteiger partial charge on any atom is -0.493 e. The highest BCUT2D eigenvalue weighted by Gasteiger charge is 2.17. The molecular formula is C20H19N3O4S. The van der Waals surface area contributed by atoms with Gasteiger partial charge in [0.2, 0.25) is 5.91 Å². The minimum atomic E-state index is -0.323. The van der Waals surface area contributed by atoms with Crippen molar-refractivity contribution in [2.24, 2.45) is 0 Å². The summed E-state index contributed by atoms with van der Waals surface area (Å²) in [5, 5.41) is 7.81. The van der Waals surface area contributed by atoms with Gasteiger partial charge in [-0.1, -0.05) is 6.07 Å². The van der Waals surface area contributed by atoms with Crippen molar-refractivity contribution >= 4 is 34.5 Å². The number of hydrogen-bond donors (Lipinski definition) is 2. The van der Waals surface area contributed by atoms with Gasteiger partial charge in [0.1, 0.15) is 10.7 Å². The topological polar surface area (TPSA) is 89.5 Å². The molecule has 2 aromatic carbocycles. The van der Waals surface area contributed by atoms with Crippen molar-refractivity contribution < 1.29 is 19.1 Å². The van der Waals surface area contributed by atoms with Gasteiger partial charge in [0.15, 0.2) is 11.5 Å². The fourth-order valence-electron chi connectivity index (χ4n) is 2.59. The van der Waals surface area contributed by atoms with Gasteiger partial charge in [-0.2, -0.15) is 0 Å². The number of amides is 2. The maximum atomic E-state index is 12.5. The Bertz CT molecular complexity index is 999. The number of thiazole rings is 1. The summed E-state index contributed by atoms with van der Waals surface area (Å²) in [7, 11) is 3.13. The van der Waals surface area contributed by atoms with Crippen LogP contribution < -0.4 is 20.1 Å². The van der Waals surface area contributed by atoms with Crippen LogP contribution in [-0.2, 0) is 4.79 Å². The first-order chi connectivity index (χ1) is 13.5. The molecule has 0 saturated heterocycles. The van der Waals surface area contributed by atoms with E-state index in [9.17, 15) is 9.59 Å². The van der Waals surface area contributed by atoms with Gasteiger partial charge in [0.05, 0.1) is 19.8 Å². The van der Waals surface area contributed by atoms with Gasteiger partial charge in [-0.05, 0) is 36.4 Å². The normalized spacial score (nSPS) is 10.2. The van der Waals surface area contributed by atoms with Gasteiger partial charge < -0.3 is 20.1 Å². The van der Waals surface area contributed by atoms with E-state index in [2.05, 4.69) is 15.6 Å². The van der Waals surface area contributed by atoms with Gasteiger partial charge in [0, 0.05) is 23.7 Å². The van der Waals surface area contributed by atoms with E-state index in [-0.39, 0.29) is 11.8 Å². The maximum absolute atomic E-state index is 12.5. The zero-order chi connectivity index (χ0) is 20.1. The van der Waals surface area contributed by atoms with E-state index in [1.165, 1.54) is 18.3 Å².